The number of methoxy groups -OCH3 is 1. The number of aromatic nitrogens is 2. The van der Waals surface area contributed by atoms with Gasteiger partial charge in [0, 0.05) is 18.2 Å². The van der Waals surface area contributed by atoms with Gasteiger partial charge >= 0.3 is 0 Å². The zero-order chi connectivity index (χ0) is 20.2. The molecule has 1 aromatic heterocycles. The Labute approximate surface area is 170 Å². The van der Waals surface area contributed by atoms with Gasteiger partial charge in [-0.25, -0.2) is 0 Å². The van der Waals surface area contributed by atoms with E-state index in [9.17, 15) is 4.79 Å². The fraction of sp³-hybridized carbons (Fsp3) is 0.348. The van der Waals surface area contributed by atoms with Gasteiger partial charge in [-0.3, -0.25) is 4.79 Å². The number of piperidine rings is 1. The number of carbonyl (C=O) groups is 1. The van der Waals surface area contributed by atoms with E-state index in [0.29, 0.717) is 28.9 Å². The number of carbonyl (C=O) groups excluding carboxylic acids is 1. The normalized spacial score (nSPS) is 16.6. The molecule has 0 N–H and O–H groups in total. The molecule has 1 fully saturated rings. The molecule has 1 atom stereocenters. The summed E-state index contributed by atoms with van der Waals surface area (Å²) in [4.78, 5) is 19.9. The first-order valence-electron chi connectivity index (χ1n) is 10.1. The van der Waals surface area contributed by atoms with Crippen LogP contribution >= 0.6 is 0 Å². The van der Waals surface area contributed by atoms with Crippen molar-refractivity contribution in [1.29, 1.82) is 0 Å². The zero-order valence-corrected chi connectivity index (χ0v) is 16.8. The largest absolute Gasteiger partial charge is 0.497 e. The highest BCUT2D eigenvalue weighted by molar-refractivity contribution is 6.00. The Hall–Kier alpha value is -3.15. The lowest BCUT2D eigenvalue weighted by Crippen LogP contribution is -2.43. The molecule has 6 heteroatoms. The summed E-state index contributed by atoms with van der Waals surface area (Å²) in [7, 11) is 1.62. The third-order valence-corrected chi connectivity index (χ3v) is 5.50. The smallest absolute Gasteiger partial charge is 0.259 e. The maximum atomic E-state index is 13.3. The van der Waals surface area contributed by atoms with E-state index in [1.54, 1.807) is 7.11 Å². The van der Waals surface area contributed by atoms with Crippen LogP contribution in [-0.2, 0) is 0 Å². The standard InChI is InChI=1S/C23H25N3O3/c1-3-17-10-6-7-14-26(17)23(27)20-13-5-4-12-19(20)22-24-21(25-29-22)16-9-8-11-18(15-16)28-2/h4-5,8-9,11-13,15,17H,3,6-7,10,14H2,1-2H3. The molecule has 0 saturated carbocycles. The Bertz CT molecular complexity index is 998. The monoisotopic (exact) mass is 391 g/mol. The Balaban J connectivity index is 1.67. The minimum absolute atomic E-state index is 0.0354. The molecule has 150 valence electrons. The average Bonchev–Trinajstić information content (AvgIpc) is 3.29. The number of hydrogen-bond acceptors (Lipinski definition) is 5. The highest BCUT2D eigenvalue weighted by Crippen LogP contribution is 2.29. The molecule has 1 aliphatic rings. The molecule has 0 spiro atoms. The molecule has 1 saturated heterocycles. The zero-order valence-electron chi connectivity index (χ0n) is 16.8. The van der Waals surface area contributed by atoms with Gasteiger partial charge in [-0.05, 0) is 49.9 Å². The van der Waals surface area contributed by atoms with Crippen molar-refractivity contribution in [3.63, 3.8) is 0 Å². The highest BCUT2D eigenvalue weighted by atomic mass is 16.5. The maximum Gasteiger partial charge on any atom is 0.259 e. The van der Waals surface area contributed by atoms with Gasteiger partial charge in [-0.15, -0.1) is 0 Å². The van der Waals surface area contributed by atoms with Crippen molar-refractivity contribution in [1.82, 2.24) is 15.0 Å². The quantitative estimate of drug-likeness (QED) is 0.624. The molecule has 29 heavy (non-hydrogen) atoms. The van der Waals surface area contributed by atoms with Crippen molar-refractivity contribution in [2.45, 2.75) is 38.6 Å². The first-order valence-corrected chi connectivity index (χ1v) is 10.1. The predicted octanol–water partition coefficient (Wildman–Crippen LogP) is 4.82. The SMILES string of the molecule is CCC1CCCCN1C(=O)c1ccccc1-c1nc(-c2cccc(OC)c2)no1. The molecule has 6 nitrogen and oxygen atoms in total. The number of amides is 1. The topological polar surface area (TPSA) is 68.5 Å². The van der Waals surface area contributed by atoms with E-state index in [1.807, 2.05) is 53.4 Å². The second kappa shape index (κ2) is 8.47. The van der Waals surface area contributed by atoms with Crippen molar-refractivity contribution >= 4 is 5.91 Å². The number of nitrogens with zero attached hydrogens (tertiary/aromatic N) is 3. The van der Waals surface area contributed by atoms with E-state index >= 15 is 0 Å². The van der Waals surface area contributed by atoms with Crippen LogP contribution in [0.5, 0.6) is 5.75 Å². The summed E-state index contributed by atoms with van der Waals surface area (Å²) < 4.78 is 10.8. The Morgan fingerprint density at radius 3 is 2.90 bits per heavy atom. The summed E-state index contributed by atoms with van der Waals surface area (Å²) in [5.41, 5.74) is 2.07. The van der Waals surface area contributed by atoms with Gasteiger partial charge in [0.1, 0.15) is 5.75 Å². The molecule has 2 heterocycles. The summed E-state index contributed by atoms with van der Waals surface area (Å²) in [6.07, 6.45) is 4.25. The molecule has 2 aromatic carbocycles. The lowest BCUT2D eigenvalue weighted by atomic mass is 9.97. The van der Waals surface area contributed by atoms with Crippen molar-refractivity contribution in [3.8, 4) is 28.6 Å². The van der Waals surface area contributed by atoms with Crippen LogP contribution in [0.3, 0.4) is 0 Å². The van der Waals surface area contributed by atoms with Crippen LogP contribution in [-0.4, -0.2) is 40.6 Å². The Morgan fingerprint density at radius 2 is 2.07 bits per heavy atom. The number of ether oxygens (including phenoxy) is 1. The fourth-order valence-corrected chi connectivity index (χ4v) is 3.92. The Morgan fingerprint density at radius 1 is 1.21 bits per heavy atom. The highest BCUT2D eigenvalue weighted by Gasteiger charge is 2.28. The van der Waals surface area contributed by atoms with E-state index in [2.05, 4.69) is 17.1 Å². The van der Waals surface area contributed by atoms with Gasteiger partial charge < -0.3 is 14.2 Å². The van der Waals surface area contributed by atoms with E-state index in [-0.39, 0.29) is 5.91 Å². The summed E-state index contributed by atoms with van der Waals surface area (Å²) in [5.74, 6) is 1.57. The minimum Gasteiger partial charge on any atom is -0.497 e. The van der Waals surface area contributed by atoms with Crippen molar-refractivity contribution in [2.24, 2.45) is 0 Å². The van der Waals surface area contributed by atoms with E-state index in [1.165, 1.54) is 6.42 Å². The molecular formula is C23H25N3O3. The summed E-state index contributed by atoms with van der Waals surface area (Å²) in [5, 5.41) is 4.12. The molecule has 1 aliphatic heterocycles. The molecule has 3 aromatic rings. The molecular weight excluding hydrogens is 366 g/mol. The first kappa shape index (κ1) is 19.2. The van der Waals surface area contributed by atoms with Gasteiger partial charge in [-0.1, -0.05) is 36.3 Å². The third kappa shape index (κ3) is 3.88. The maximum absolute atomic E-state index is 13.3. The van der Waals surface area contributed by atoms with Crippen LogP contribution in [0.1, 0.15) is 43.0 Å². The lowest BCUT2D eigenvalue weighted by molar-refractivity contribution is 0.0608. The predicted molar refractivity (Wildman–Crippen MR) is 111 cm³/mol. The van der Waals surface area contributed by atoms with Crippen LogP contribution in [0.15, 0.2) is 53.1 Å². The van der Waals surface area contributed by atoms with Crippen LogP contribution in [0.4, 0.5) is 0 Å². The minimum atomic E-state index is 0.0354. The second-order valence-corrected chi connectivity index (χ2v) is 7.26. The van der Waals surface area contributed by atoms with Crippen LogP contribution in [0.2, 0.25) is 0 Å². The van der Waals surface area contributed by atoms with Gasteiger partial charge in [-0.2, -0.15) is 4.98 Å². The number of rotatable bonds is 5. The van der Waals surface area contributed by atoms with Gasteiger partial charge in [0.05, 0.1) is 18.2 Å². The molecule has 0 bridgehead atoms. The molecule has 4 rings (SSSR count). The van der Waals surface area contributed by atoms with Crippen LogP contribution < -0.4 is 4.74 Å². The van der Waals surface area contributed by atoms with Gasteiger partial charge in [0.15, 0.2) is 0 Å². The second-order valence-electron chi connectivity index (χ2n) is 7.26. The van der Waals surface area contributed by atoms with E-state index in [4.69, 9.17) is 9.26 Å². The molecule has 1 unspecified atom stereocenters. The van der Waals surface area contributed by atoms with E-state index in [0.717, 1.165) is 37.1 Å². The fourth-order valence-electron chi connectivity index (χ4n) is 3.92. The summed E-state index contributed by atoms with van der Waals surface area (Å²) in [6, 6.07) is 15.2. The summed E-state index contributed by atoms with van der Waals surface area (Å²) >= 11 is 0. The molecule has 1 amide bonds. The van der Waals surface area contributed by atoms with Crippen molar-refractivity contribution in [2.75, 3.05) is 13.7 Å². The average molecular weight is 391 g/mol. The van der Waals surface area contributed by atoms with Crippen LogP contribution in [0, 0.1) is 0 Å². The third-order valence-electron chi connectivity index (χ3n) is 5.50. The first-order chi connectivity index (χ1) is 14.2. The lowest BCUT2D eigenvalue weighted by Gasteiger charge is -2.35. The number of hydrogen-bond donors (Lipinski definition) is 0. The van der Waals surface area contributed by atoms with Crippen LogP contribution in [0.25, 0.3) is 22.8 Å². The van der Waals surface area contributed by atoms with Crippen molar-refractivity contribution in [3.05, 3.63) is 54.1 Å². The van der Waals surface area contributed by atoms with E-state index < -0.39 is 0 Å². The van der Waals surface area contributed by atoms with Gasteiger partial charge in [0.2, 0.25) is 5.82 Å². The Kier molecular flexibility index (Phi) is 5.60. The molecule has 0 radical (unpaired) electrons. The van der Waals surface area contributed by atoms with Gasteiger partial charge in [0.25, 0.3) is 11.8 Å². The number of likely N-dealkylation sites (tertiary alicyclic amines) is 1. The molecule has 0 aliphatic carbocycles. The number of benzene rings is 2. The van der Waals surface area contributed by atoms with Crippen molar-refractivity contribution < 1.29 is 14.1 Å². The summed E-state index contributed by atoms with van der Waals surface area (Å²) in [6.45, 7) is 2.94.